The SMILES string of the molecule is CNC(=O)NC(=O)[C@@H](NCCc1ccc(OC)c(OC)c1)c1ccccc1. The summed E-state index contributed by atoms with van der Waals surface area (Å²) in [5.41, 5.74) is 1.82. The first-order valence-corrected chi connectivity index (χ1v) is 8.60. The summed E-state index contributed by atoms with van der Waals surface area (Å²) in [5.74, 6) is 0.918. The zero-order valence-corrected chi connectivity index (χ0v) is 15.7. The summed E-state index contributed by atoms with van der Waals surface area (Å²) in [6, 6.07) is 13.8. The van der Waals surface area contributed by atoms with Crippen LogP contribution >= 0.6 is 0 Å². The molecule has 0 fully saturated rings. The van der Waals surface area contributed by atoms with Crippen LogP contribution in [0.15, 0.2) is 48.5 Å². The Morgan fingerprint density at radius 2 is 1.70 bits per heavy atom. The largest absolute Gasteiger partial charge is 0.493 e. The number of amides is 3. The van der Waals surface area contributed by atoms with Gasteiger partial charge in [-0.3, -0.25) is 10.1 Å². The highest BCUT2D eigenvalue weighted by molar-refractivity contribution is 5.97. The zero-order valence-electron chi connectivity index (χ0n) is 15.7. The zero-order chi connectivity index (χ0) is 19.6. The average Bonchev–Trinajstić information content (AvgIpc) is 2.71. The second-order valence-corrected chi connectivity index (χ2v) is 5.81. The lowest BCUT2D eigenvalue weighted by Crippen LogP contribution is -2.44. The van der Waals surface area contributed by atoms with Crippen LogP contribution in [0.2, 0.25) is 0 Å². The second-order valence-electron chi connectivity index (χ2n) is 5.81. The van der Waals surface area contributed by atoms with Crippen molar-refractivity contribution < 1.29 is 19.1 Å². The fourth-order valence-electron chi connectivity index (χ4n) is 2.65. The molecule has 3 amide bonds. The number of hydrogen-bond acceptors (Lipinski definition) is 5. The highest BCUT2D eigenvalue weighted by atomic mass is 16.5. The van der Waals surface area contributed by atoms with E-state index in [1.807, 2.05) is 48.5 Å². The van der Waals surface area contributed by atoms with Crippen molar-refractivity contribution in [3.8, 4) is 11.5 Å². The van der Waals surface area contributed by atoms with Crippen LogP contribution in [0.4, 0.5) is 4.79 Å². The minimum atomic E-state index is -0.636. The van der Waals surface area contributed by atoms with Crippen LogP contribution < -0.4 is 25.4 Å². The summed E-state index contributed by atoms with van der Waals surface area (Å²) in [6.07, 6.45) is 0.678. The number of urea groups is 1. The van der Waals surface area contributed by atoms with E-state index in [4.69, 9.17) is 9.47 Å². The van der Waals surface area contributed by atoms with E-state index in [1.54, 1.807) is 14.2 Å². The standard InChI is InChI=1S/C20H25N3O4/c1-21-20(25)23-19(24)18(15-7-5-4-6-8-15)22-12-11-14-9-10-16(26-2)17(13-14)27-3/h4-10,13,18,22H,11-12H2,1-3H3,(H2,21,23,24,25)/t18-/m0/s1. The molecule has 0 radical (unpaired) electrons. The molecule has 0 bridgehead atoms. The van der Waals surface area contributed by atoms with Gasteiger partial charge in [0.05, 0.1) is 14.2 Å². The summed E-state index contributed by atoms with van der Waals surface area (Å²) in [5, 5.41) is 7.92. The van der Waals surface area contributed by atoms with E-state index in [0.717, 1.165) is 11.1 Å². The molecule has 0 saturated heterocycles. The second kappa shape index (κ2) is 10.2. The lowest BCUT2D eigenvalue weighted by atomic mass is 10.1. The molecule has 7 heteroatoms. The van der Waals surface area contributed by atoms with Gasteiger partial charge in [0.2, 0.25) is 5.91 Å². The molecule has 0 spiro atoms. The van der Waals surface area contributed by atoms with E-state index in [2.05, 4.69) is 16.0 Å². The Balaban J connectivity index is 2.05. The summed E-state index contributed by atoms with van der Waals surface area (Å²) < 4.78 is 10.6. The van der Waals surface area contributed by atoms with Crippen molar-refractivity contribution in [2.45, 2.75) is 12.5 Å². The van der Waals surface area contributed by atoms with Gasteiger partial charge in [-0.1, -0.05) is 36.4 Å². The third kappa shape index (κ3) is 5.72. The van der Waals surface area contributed by atoms with Gasteiger partial charge in [-0.15, -0.1) is 0 Å². The van der Waals surface area contributed by atoms with Crippen LogP contribution in [0.1, 0.15) is 17.2 Å². The molecule has 0 heterocycles. The molecular weight excluding hydrogens is 346 g/mol. The van der Waals surface area contributed by atoms with E-state index in [1.165, 1.54) is 7.05 Å². The summed E-state index contributed by atoms with van der Waals surface area (Å²) in [7, 11) is 4.65. The quantitative estimate of drug-likeness (QED) is 0.661. The van der Waals surface area contributed by atoms with Crippen molar-refractivity contribution in [2.24, 2.45) is 0 Å². The maximum atomic E-state index is 12.5. The minimum Gasteiger partial charge on any atom is -0.493 e. The van der Waals surface area contributed by atoms with Gasteiger partial charge in [-0.2, -0.15) is 0 Å². The normalized spacial score (nSPS) is 11.4. The molecule has 144 valence electrons. The molecule has 0 saturated carbocycles. The van der Waals surface area contributed by atoms with E-state index >= 15 is 0 Å². The van der Waals surface area contributed by atoms with Gasteiger partial charge in [0.25, 0.3) is 0 Å². The monoisotopic (exact) mass is 371 g/mol. The Bertz CT molecular complexity index is 765. The third-order valence-corrected chi connectivity index (χ3v) is 4.07. The molecule has 1 atom stereocenters. The number of ether oxygens (including phenoxy) is 2. The number of nitrogens with one attached hydrogen (secondary N) is 3. The first kappa shape index (κ1) is 20.3. The maximum Gasteiger partial charge on any atom is 0.321 e. The Morgan fingerprint density at radius 1 is 1.00 bits per heavy atom. The Kier molecular flexibility index (Phi) is 7.63. The van der Waals surface area contributed by atoms with Crippen molar-refractivity contribution in [2.75, 3.05) is 27.8 Å². The van der Waals surface area contributed by atoms with Crippen LogP contribution in [0.5, 0.6) is 11.5 Å². The molecular formula is C20H25N3O4. The highest BCUT2D eigenvalue weighted by Crippen LogP contribution is 2.27. The van der Waals surface area contributed by atoms with Gasteiger partial charge in [0.1, 0.15) is 6.04 Å². The first-order chi connectivity index (χ1) is 13.1. The number of methoxy groups -OCH3 is 2. The third-order valence-electron chi connectivity index (χ3n) is 4.07. The summed E-state index contributed by atoms with van der Waals surface area (Å²) >= 11 is 0. The van der Waals surface area contributed by atoms with Crippen molar-refractivity contribution in [3.63, 3.8) is 0 Å². The smallest absolute Gasteiger partial charge is 0.321 e. The van der Waals surface area contributed by atoms with E-state index in [-0.39, 0.29) is 0 Å². The average molecular weight is 371 g/mol. The molecule has 0 aliphatic carbocycles. The van der Waals surface area contributed by atoms with Crippen LogP contribution in [-0.2, 0) is 11.2 Å². The number of rotatable bonds is 8. The Labute approximate surface area is 159 Å². The molecule has 2 aromatic carbocycles. The van der Waals surface area contributed by atoms with Crippen LogP contribution in [0, 0.1) is 0 Å². The summed E-state index contributed by atoms with van der Waals surface area (Å²) in [4.78, 5) is 24.0. The Morgan fingerprint density at radius 3 is 2.33 bits per heavy atom. The predicted octanol–water partition coefficient (Wildman–Crippen LogP) is 2.03. The van der Waals surface area contributed by atoms with E-state index in [0.29, 0.717) is 24.5 Å². The van der Waals surface area contributed by atoms with E-state index in [9.17, 15) is 9.59 Å². The number of imide groups is 1. The minimum absolute atomic E-state index is 0.409. The highest BCUT2D eigenvalue weighted by Gasteiger charge is 2.21. The van der Waals surface area contributed by atoms with Gasteiger partial charge in [0, 0.05) is 13.6 Å². The van der Waals surface area contributed by atoms with Crippen LogP contribution in [-0.4, -0.2) is 39.8 Å². The van der Waals surface area contributed by atoms with Crippen molar-refractivity contribution in [3.05, 3.63) is 59.7 Å². The molecule has 0 aliphatic rings. The molecule has 0 aliphatic heterocycles. The molecule has 7 nitrogen and oxygen atoms in total. The van der Waals surface area contributed by atoms with Crippen molar-refractivity contribution in [1.29, 1.82) is 0 Å². The fraction of sp³-hybridized carbons (Fsp3) is 0.300. The van der Waals surface area contributed by atoms with Gasteiger partial charge in [-0.25, -0.2) is 4.79 Å². The first-order valence-electron chi connectivity index (χ1n) is 8.60. The molecule has 3 N–H and O–H groups in total. The molecule has 27 heavy (non-hydrogen) atoms. The summed E-state index contributed by atoms with van der Waals surface area (Å²) in [6.45, 7) is 0.538. The number of carbonyl (C=O) groups excluding carboxylic acids is 2. The van der Waals surface area contributed by atoms with Gasteiger partial charge < -0.3 is 20.1 Å². The molecule has 2 rings (SSSR count). The van der Waals surface area contributed by atoms with Crippen LogP contribution in [0.25, 0.3) is 0 Å². The van der Waals surface area contributed by atoms with E-state index < -0.39 is 18.0 Å². The fourth-order valence-corrected chi connectivity index (χ4v) is 2.65. The predicted molar refractivity (Wildman–Crippen MR) is 103 cm³/mol. The van der Waals surface area contributed by atoms with Gasteiger partial charge in [0.15, 0.2) is 11.5 Å². The van der Waals surface area contributed by atoms with Gasteiger partial charge in [-0.05, 0) is 29.7 Å². The lowest BCUT2D eigenvalue weighted by molar-refractivity contribution is -0.122. The lowest BCUT2D eigenvalue weighted by Gasteiger charge is -2.18. The van der Waals surface area contributed by atoms with Crippen molar-refractivity contribution >= 4 is 11.9 Å². The van der Waals surface area contributed by atoms with Gasteiger partial charge >= 0.3 is 6.03 Å². The Hall–Kier alpha value is -3.06. The van der Waals surface area contributed by atoms with Crippen molar-refractivity contribution in [1.82, 2.24) is 16.0 Å². The number of hydrogen-bond donors (Lipinski definition) is 3. The maximum absolute atomic E-state index is 12.5. The topological polar surface area (TPSA) is 88.7 Å². The van der Waals surface area contributed by atoms with Crippen LogP contribution in [0.3, 0.4) is 0 Å². The molecule has 2 aromatic rings. The number of carbonyl (C=O) groups is 2. The molecule has 0 unspecified atom stereocenters. The molecule has 0 aromatic heterocycles. The number of benzene rings is 2.